The zero-order valence-corrected chi connectivity index (χ0v) is 10.6. The molecule has 104 valence electrons. The maximum absolute atomic E-state index is 13.9. The summed E-state index contributed by atoms with van der Waals surface area (Å²) < 4.78 is 52.0. The van der Waals surface area contributed by atoms with Gasteiger partial charge in [0.2, 0.25) is 0 Å². The molecule has 0 spiro atoms. The van der Waals surface area contributed by atoms with Gasteiger partial charge in [0, 0.05) is 23.5 Å². The highest BCUT2D eigenvalue weighted by Crippen LogP contribution is 2.35. The molecule has 0 unspecified atom stereocenters. The molecule has 0 amide bonds. The van der Waals surface area contributed by atoms with Gasteiger partial charge in [-0.2, -0.15) is 13.2 Å². The first kappa shape index (κ1) is 14.2. The molecular weight excluding hydrogens is 270 g/mol. The molecule has 1 nitrogen and oxygen atoms in total. The largest absolute Gasteiger partial charge is 0.416 e. The van der Waals surface area contributed by atoms with Gasteiger partial charge in [-0.15, -0.1) is 0 Å². The van der Waals surface area contributed by atoms with Gasteiger partial charge in [0.15, 0.2) is 0 Å². The molecule has 0 saturated carbocycles. The number of benzene rings is 1. The topological polar surface area (TPSA) is 12.9 Å². The van der Waals surface area contributed by atoms with E-state index in [9.17, 15) is 17.6 Å². The van der Waals surface area contributed by atoms with Crippen LogP contribution in [0.3, 0.4) is 0 Å². The van der Waals surface area contributed by atoms with Crippen molar-refractivity contribution in [1.29, 1.82) is 0 Å². The number of alkyl halides is 3. The molecule has 0 atom stereocenters. The third-order valence-electron chi connectivity index (χ3n) is 2.86. The number of hydrogen-bond acceptors (Lipinski definition) is 1. The summed E-state index contributed by atoms with van der Waals surface area (Å²) in [5.41, 5.74) is 0.463. The third-order valence-corrected chi connectivity index (χ3v) is 2.86. The quantitative estimate of drug-likeness (QED) is 0.710. The lowest BCUT2D eigenvalue weighted by Crippen LogP contribution is -2.05. The molecule has 0 aliphatic rings. The van der Waals surface area contributed by atoms with Crippen LogP contribution in [0.15, 0.2) is 43.2 Å². The second-order valence-electron chi connectivity index (χ2n) is 4.39. The monoisotopic (exact) mass is 281 g/mol. The van der Waals surface area contributed by atoms with Gasteiger partial charge in [-0.25, -0.2) is 4.39 Å². The number of nitrogens with zero attached hydrogens (tertiary/aromatic N) is 1. The van der Waals surface area contributed by atoms with Crippen molar-refractivity contribution >= 4 is 5.57 Å². The van der Waals surface area contributed by atoms with E-state index in [0.717, 1.165) is 18.2 Å². The number of pyridine rings is 1. The SMILES string of the molecule is C=C(C)c1cnccc1-c1cc(C(F)(F)F)ccc1F. The van der Waals surface area contributed by atoms with Gasteiger partial charge >= 0.3 is 6.18 Å². The molecule has 1 aromatic heterocycles. The highest BCUT2D eigenvalue weighted by Gasteiger charge is 2.31. The van der Waals surface area contributed by atoms with E-state index >= 15 is 0 Å². The maximum Gasteiger partial charge on any atom is 0.416 e. The van der Waals surface area contributed by atoms with Gasteiger partial charge in [0.05, 0.1) is 5.56 Å². The Labute approximate surface area is 113 Å². The number of allylic oxidation sites excluding steroid dienone is 1. The first-order valence-electron chi connectivity index (χ1n) is 5.77. The number of halogens is 4. The number of rotatable bonds is 2. The van der Waals surface area contributed by atoms with Crippen LogP contribution in [0.4, 0.5) is 17.6 Å². The summed E-state index contributed by atoms with van der Waals surface area (Å²) in [6, 6.07) is 3.82. The molecule has 0 bridgehead atoms. The predicted octanol–water partition coefficient (Wildman–Crippen LogP) is 4.94. The minimum atomic E-state index is -4.52. The zero-order chi connectivity index (χ0) is 14.9. The van der Waals surface area contributed by atoms with E-state index in [2.05, 4.69) is 11.6 Å². The fourth-order valence-corrected chi connectivity index (χ4v) is 1.88. The van der Waals surface area contributed by atoms with E-state index in [-0.39, 0.29) is 5.56 Å². The highest BCUT2D eigenvalue weighted by atomic mass is 19.4. The summed E-state index contributed by atoms with van der Waals surface area (Å²) in [7, 11) is 0. The molecule has 1 heterocycles. The molecule has 5 heteroatoms. The molecule has 0 saturated heterocycles. The highest BCUT2D eigenvalue weighted by molar-refractivity contribution is 5.79. The third kappa shape index (κ3) is 2.71. The molecule has 1 aromatic carbocycles. The summed E-state index contributed by atoms with van der Waals surface area (Å²) in [6.07, 6.45) is -1.66. The minimum absolute atomic E-state index is 0.111. The second-order valence-corrected chi connectivity index (χ2v) is 4.39. The van der Waals surface area contributed by atoms with Crippen molar-refractivity contribution in [1.82, 2.24) is 4.98 Å². The molecule has 2 aromatic rings. The Balaban J connectivity index is 2.67. The van der Waals surface area contributed by atoms with Gasteiger partial charge in [-0.1, -0.05) is 6.58 Å². The van der Waals surface area contributed by atoms with E-state index in [0.29, 0.717) is 16.7 Å². The van der Waals surface area contributed by atoms with Crippen LogP contribution < -0.4 is 0 Å². The van der Waals surface area contributed by atoms with E-state index in [1.807, 2.05) is 0 Å². The fraction of sp³-hybridized carbons (Fsp3) is 0.133. The lowest BCUT2D eigenvalue weighted by molar-refractivity contribution is -0.137. The Morgan fingerprint density at radius 2 is 1.85 bits per heavy atom. The maximum atomic E-state index is 13.9. The zero-order valence-electron chi connectivity index (χ0n) is 10.6. The van der Waals surface area contributed by atoms with Gasteiger partial charge in [-0.05, 0) is 42.3 Å². The van der Waals surface area contributed by atoms with E-state index in [4.69, 9.17) is 0 Å². The number of aromatic nitrogens is 1. The molecular formula is C15H11F4N. The molecule has 0 aliphatic heterocycles. The Morgan fingerprint density at radius 1 is 1.15 bits per heavy atom. The Hall–Kier alpha value is -2.17. The van der Waals surface area contributed by atoms with Crippen molar-refractivity contribution in [3.8, 4) is 11.1 Å². The molecule has 20 heavy (non-hydrogen) atoms. The fourth-order valence-electron chi connectivity index (χ4n) is 1.88. The van der Waals surface area contributed by atoms with Crippen molar-refractivity contribution in [3.63, 3.8) is 0 Å². The van der Waals surface area contributed by atoms with Crippen molar-refractivity contribution in [2.75, 3.05) is 0 Å². The first-order chi connectivity index (χ1) is 9.30. The smallest absolute Gasteiger partial charge is 0.264 e. The lowest BCUT2D eigenvalue weighted by atomic mass is 9.96. The van der Waals surface area contributed by atoms with Crippen LogP contribution in [0.2, 0.25) is 0 Å². The van der Waals surface area contributed by atoms with Gasteiger partial charge in [0.1, 0.15) is 5.82 Å². The van der Waals surface area contributed by atoms with E-state index < -0.39 is 17.6 Å². The summed E-state index contributed by atoms with van der Waals surface area (Å²) >= 11 is 0. The lowest BCUT2D eigenvalue weighted by Gasteiger charge is -2.13. The van der Waals surface area contributed by atoms with Gasteiger partial charge in [0.25, 0.3) is 0 Å². The summed E-state index contributed by atoms with van der Waals surface area (Å²) in [5.74, 6) is -0.716. The Morgan fingerprint density at radius 3 is 2.45 bits per heavy atom. The van der Waals surface area contributed by atoms with Crippen LogP contribution >= 0.6 is 0 Å². The summed E-state index contributed by atoms with van der Waals surface area (Å²) in [4.78, 5) is 3.89. The molecule has 2 rings (SSSR count). The molecule has 0 radical (unpaired) electrons. The Bertz CT molecular complexity index is 659. The summed E-state index contributed by atoms with van der Waals surface area (Å²) in [5, 5.41) is 0. The van der Waals surface area contributed by atoms with Crippen LogP contribution in [-0.4, -0.2) is 4.98 Å². The van der Waals surface area contributed by atoms with Crippen molar-refractivity contribution < 1.29 is 17.6 Å². The first-order valence-corrected chi connectivity index (χ1v) is 5.77. The van der Waals surface area contributed by atoms with Crippen LogP contribution in [0.25, 0.3) is 16.7 Å². The van der Waals surface area contributed by atoms with E-state index in [1.54, 1.807) is 6.92 Å². The average molecular weight is 281 g/mol. The van der Waals surface area contributed by atoms with Gasteiger partial charge < -0.3 is 0 Å². The molecule has 0 N–H and O–H groups in total. The predicted molar refractivity (Wildman–Crippen MR) is 69.3 cm³/mol. The van der Waals surface area contributed by atoms with Crippen molar-refractivity contribution in [2.45, 2.75) is 13.1 Å². The van der Waals surface area contributed by atoms with Gasteiger partial charge in [-0.3, -0.25) is 4.98 Å². The van der Waals surface area contributed by atoms with Crippen LogP contribution in [-0.2, 0) is 6.18 Å². The van der Waals surface area contributed by atoms with E-state index in [1.165, 1.54) is 18.5 Å². The molecule has 0 fully saturated rings. The standard InChI is InChI=1S/C15H11F4N/c1-9(2)13-8-20-6-5-11(13)12-7-10(15(17,18)19)3-4-14(12)16/h3-8H,1H2,2H3. The second kappa shape index (κ2) is 5.07. The van der Waals surface area contributed by atoms with Crippen molar-refractivity contribution in [3.05, 3.63) is 60.2 Å². The minimum Gasteiger partial charge on any atom is -0.264 e. The van der Waals surface area contributed by atoms with Crippen molar-refractivity contribution in [2.24, 2.45) is 0 Å². The normalized spacial score (nSPS) is 11.4. The summed E-state index contributed by atoms with van der Waals surface area (Å²) in [6.45, 7) is 5.41. The van der Waals surface area contributed by atoms with Crippen LogP contribution in [0, 0.1) is 5.82 Å². The molecule has 0 aliphatic carbocycles. The average Bonchev–Trinajstić information content (AvgIpc) is 2.38. The van der Waals surface area contributed by atoms with Crippen LogP contribution in [0.5, 0.6) is 0 Å². The van der Waals surface area contributed by atoms with Crippen LogP contribution in [0.1, 0.15) is 18.1 Å². The number of hydrogen-bond donors (Lipinski definition) is 0. The Kier molecular flexibility index (Phi) is 3.61.